The van der Waals surface area contributed by atoms with Crippen molar-refractivity contribution in [1.82, 2.24) is 20.1 Å². The number of benzene rings is 3. The number of nitrogens with zero attached hydrogens (tertiary/aromatic N) is 3. The average Bonchev–Trinajstić information content (AvgIpc) is 3.33. The summed E-state index contributed by atoms with van der Waals surface area (Å²) in [4.78, 5) is 12.7. The van der Waals surface area contributed by atoms with Crippen molar-refractivity contribution in [1.29, 1.82) is 0 Å². The van der Waals surface area contributed by atoms with Gasteiger partial charge in [-0.2, -0.15) is 0 Å². The summed E-state index contributed by atoms with van der Waals surface area (Å²) in [5.74, 6) is 2.25. The molecular weight excluding hydrogens is 460 g/mol. The lowest BCUT2D eigenvalue weighted by molar-refractivity contribution is -0.119. The topological polar surface area (TPSA) is 78.3 Å². The third-order valence-corrected chi connectivity index (χ3v) is 6.35. The van der Waals surface area contributed by atoms with Gasteiger partial charge in [0.1, 0.15) is 11.5 Å². The van der Waals surface area contributed by atoms with Crippen molar-refractivity contribution >= 4 is 17.7 Å². The zero-order chi connectivity index (χ0) is 24.6. The van der Waals surface area contributed by atoms with Crippen LogP contribution in [0.3, 0.4) is 0 Å². The lowest BCUT2D eigenvalue weighted by Gasteiger charge is -2.17. The minimum absolute atomic E-state index is 0.0713. The summed E-state index contributed by atoms with van der Waals surface area (Å²) < 4.78 is 13.3. The molecule has 0 spiro atoms. The van der Waals surface area contributed by atoms with Crippen LogP contribution in [0.5, 0.6) is 11.5 Å². The zero-order valence-electron chi connectivity index (χ0n) is 19.9. The second-order valence-electron chi connectivity index (χ2n) is 7.94. The van der Waals surface area contributed by atoms with E-state index in [0.29, 0.717) is 16.7 Å². The molecule has 0 aliphatic carbocycles. The normalized spacial score (nSPS) is 12.5. The number of thioether (sulfide) groups is 1. The van der Waals surface area contributed by atoms with Crippen molar-refractivity contribution in [3.8, 4) is 17.2 Å². The molecule has 180 valence electrons. The Kier molecular flexibility index (Phi) is 8.05. The van der Waals surface area contributed by atoms with Gasteiger partial charge in [0.2, 0.25) is 5.91 Å². The Hall–Kier alpha value is -3.78. The summed E-state index contributed by atoms with van der Waals surface area (Å²) >= 11 is 1.34. The molecular formula is C27H28N4O3S. The first kappa shape index (κ1) is 24.3. The molecule has 0 saturated carbocycles. The van der Waals surface area contributed by atoms with Gasteiger partial charge in [0.25, 0.3) is 0 Å². The van der Waals surface area contributed by atoms with Crippen LogP contribution in [-0.2, 0) is 4.79 Å². The van der Waals surface area contributed by atoms with Gasteiger partial charge in [-0.25, -0.2) is 0 Å². The van der Waals surface area contributed by atoms with E-state index in [1.165, 1.54) is 11.8 Å². The molecule has 3 aromatic carbocycles. The maximum atomic E-state index is 12.7. The highest BCUT2D eigenvalue weighted by Gasteiger charge is 2.22. The molecule has 0 fully saturated rings. The number of rotatable bonds is 10. The van der Waals surface area contributed by atoms with Crippen LogP contribution >= 0.6 is 11.8 Å². The molecule has 0 aliphatic rings. The van der Waals surface area contributed by atoms with E-state index < -0.39 is 0 Å². The Morgan fingerprint density at radius 2 is 1.54 bits per heavy atom. The number of carbonyl (C=O) groups excluding carboxylic acids is 1. The maximum Gasteiger partial charge on any atom is 0.230 e. The maximum absolute atomic E-state index is 12.7. The van der Waals surface area contributed by atoms with Gasteiger partial charge in [-0.1, -0.05) is 60.3 Å². The van der Waals surface area contributed by atoms with Crippen LogP contribution in [0, 0.1) is 0 Å². The molecule has 1 aromatic heterocycles. The van der Waals surface area contributed by atoms with Crippen LogP contribution < -0.4 is 14.8 Å². The fraction of sp³-hybridized carbons (Fsp3) is 0.222. The van der Waals surface area contributed by atoms with Crippen molar-refractivity contribution in [2.24, 2.45) is 0 Å². The van der Waals surface area contributed by atoms with E-state index in [0.717, 1.165) is 17.0 Å². The number of nitrogens with one attached hydrogen (secondary N) is 1. The molecule has 4 rings (SSSR count). The van der Waals surface area contributed by atoms with Crippen molar-refractivity contribution < 1.29 is 14.3 Å². The first-order valence-corrected chi connectivity index (χ1v) is 12.3. The molecule has 4 aromatic rings. The van der Waals surface area contributed by atoms with Crippen LogP contribution in [0.2, 0.25) is 0 Å². The quantitative estimate of drug-likeness (QED) is 0.302. The minimum Gasteiger partial charge on any atom is -0.497 e. The summed E-state index contributed by atoms with van der Waals surface area (Å²) in [6, 6.07) is 27.0. The summed E-state index contributed by atoms with van der Waals surface area (Å²) in [5.41, 5.74) is 1.96. The summed E-state index contributed by atoms with van der Waals surface area (Å²) in [7, 11) is 1.63. The van der Waals surface area contributed by atoms with Gasteiger partial charge in [0.05, 0.1) is 18.9 Å². The SMILES string of the molecule is COc1ccc(OC(C)c2nnc(SCC(=O)NC(C)c3ccccc3)n2-c2ccccc2)cc1. The Morgan fingerprint density at radius 1 is 0.914 bits per heavy atom. The Bertz CT molecular complexity index is 1230. The van der Waals surface area contributed by atoms with Crippen LogP contribution in [0.1, 0.15) is 37.4 Å². The van der Waals surface area contributed by atoms with Gasteiger partial charge in [-0.05, 0) is 55.8 Å². The van der Waals surface area contributed by atoms with E-state index in [4.69, 9.17) is 9.47 Å². The van der Waals surface area contributed by atoms with Gasteiger partial charge in [0, 0.05) is 5.69 Å². The highest BCUT2D eigenvalue weighted by atomic mass is 32.2. The molecule has 0 aliphatic heterocycles. The van der Waals surface area contributed by atoms with E-state index in [1.54, 1.807) is 7.11 Å². The third-order valence-electron chi connectivity index (χ3n) is 5.42. The molecule has 0 saturated heterocycles. The largest absolute Gasteiger partial charge is 0.497 e. The lowest BCUT2D eigenvalue weighted by atomic mass is 10.1. The Balaban J connectivity index is 1.49. The van der Waals surface area contributed by atoms with E-state index in [-0.39, 0.29) is 23.8 Å². The fourth-order valence-electron chi connectivity index (χ4n) is 3.61. The molecule has 0 bridgehead atoms. The summed E-state index contributed by atoms with van der Waals surface area (Å²) in [6.07, 6.45) is -0.377. The minimum atomic E-state index is -0.377. The Morgan fingerprint density at radius 3 is 2.20 bits per heavy atom. The van der Waals surface area contributed by atoms with E-state index in [1.807, 2.05) is 103 Å². The first-order valence-electron chi connectivity index (χ1n) is 11.3. The standard InChI is InChI=1S/C27H28N4O3S/c1-19(21-10-6-4-7-11-21)28-25(32)18-35-27-30-29-26(31(27)22-12-8-5-9-13-22)20(2)34-24-16-14-23(33-3)15-17-24/h4-17,19-20H,18H2,1-3H3,(H,28,32). The van der Waals surface area contributed by atoms with Gasteiger partial charge < -0.3 is 14.8 Å². The van der Waals surface area contributed by atoms with Crippen LogP contribution in [0.4, 0.5) is 0 Å². The van der Waals surface area contributed by atoms with E-state index in [9.17, 15) is 4.79 Å². The average molecular weight is 489 g/mol. The summed E-state index contributed by atoms with van der Waals surface area (Å²) in [5, 5.41) is 12.5. The molecule has 2 unspecified atom stereocenters. The van der Waals surface area contributed by atoms with Crippen molar-refractivity contribution in [2.75, 3.05) is 12.9 Å². The summed E-state index contributed by atoms with van der Waals surface area (Å²) in [6.45, 7) is 3.90. The zero-order valence-corrected chi connectivity index (χ0v) is 20.7. The van der Waals surface area contributed by atoms with Gasteiger partial charge in [0.15, 0.2) is 17.1 Å². The van der Waals surface area contributed by atoms with Gasteiger partial charge >= 0.3 is 0 Å². The molecule has 1 N–H and O–H groups in total. The molecule has 2 atom stereocenters. The number of hydrogen-bond acceptors (Lipinski definition) is 6. The van der Waals surface area contributed by atoms with Gasteiger partial charge in [-0.3, -0.25) is 9.36 Å². The number of aromatic nitrogens is 3. The highest BCUT2D eigenvalue weighted by Crippen LogP contribution is 2.28. The molecule has 35 heavy (non-hydrogen) atoms. The number of para-hydroxylation sites is 1. The fourth-order valence-corrected chi connectivity index (χ4v) is 4.38. The highest BCUT2D eigenvalue weighted by molar-refractivity contribution is 7.99. The second kappa shape index (κ2) is 11.6. The number of amides is 1. The van der Waals surface area contributed by atoms with Crippen molar-refractivity contribution in [3.05, 3.63) is 96.3 Å². The molecule has 0 radical (unpaired) electrons. The monoisotopic (exact) mass is 488 g/mol. The van der Waals surface area contributed by atoms with Gasteiger partial charge in [-0.15, -0.1) is 10.2 Å². The van der Waals surface area contributed by atoms with E-state index >= 15 is 0 Å². The van der Waals surface area contributed by atoms with Crippen LogP contribution in [0.15, 0.2) is 90.1 Å². The van der Waals surface area contributed by atoms with Crippen LogP contribution in [-0.4, -0.2) is 33.5 Å². The van der Waals surface area contributed by atoms with Crippen molar-refractivity contribution in [3.63, 3.8) is 0 Å². The number of carbonyl (C=O) groups is 1. The predicted molar refractivity (Wildman–Crippen MR) is 137 cm³/mol. The van der Waals surface area contributed by atoms with E-state index in [2.05, 4.69) is 15.5 Å². The number of ether oxygens (including phenoxy) is 2. The Labute approximate surface area is 209 Å². The number of methoxy groups -OCH3 is 1. The smallest absolute Gasteiger partial charge is 0.230 e. The molecule has 8 heteroatoms. The first-order chi connectivity index (χ1) is 17.0. The number of hydrogen-bond donors (Lipinski definition) is 1. The van der Waals surface area contributed by atoms with Crippen LogP contribution in [0.25, 0.3) is 5.69 Å². The lowest BCUT2D eigenvalue weighted by Crippen LogP contribution is -2.28. The predicted octanol–water partition coefficient (Wildman–Crippen LogP) is 5.39. The molecule has 1 heterocycles. The third kappa shape index (κ3) is 6.22. The second-order valence-corrected chi connectivity index (χ2v) is 8.88. The van der Waals surface area contributed by atoms with Crippen molar-refractivity contribution in [2.45, 2.75) is 31.1 Å². The molecule has 1 amide bonds. The molecule has 7 nitrogen and oxygen atoms in total.